The van der Waals surface area contributed by atoms with Gasteiger partial charge in [0.2, 0.25) is 11.8 Å². The highest BCUT2D eigenvalue weighted by Crippen LogP contribution is 2.27. The number of amides is 2. The minimum atomic E-state index is -4.37. The number of anilines is 1. The molecular weight excluding hydrogens is 565 g/mol. The Bertz CT molecular complexity index is 1610. The van der Waals surface area contributed by atoms with Crippen LogP contribution in [-0.2, 0) is 32.6 Å². The van der Waals surface area contributed by atoms with E-state index in [9.17, 15) is 18.0 Å². The number of aryl methyl sites for hydroxylation is 1. The summed E-state index contributed by atoms with van der Waals surface area (Å²) in [4.78, 5) is 29.2. The fourth-order valence-electron chi connectivity index (χ4n) is 4.70. The number of hydrogen-bond acceptors (Lipinski definition) is 4. The van der Waals surface area contributed by atoms with Crippen LogP contribution in [0.25, 0.3) is 0 Å². The van der Waals surface area contributed by atoms with Crippen molar-refractivity contribution in [2.45, 2.75) is 44.2 Å². The Labute approximate surface area is 253 Å². The molecule has 0 saturated heterocycles. The first kappa shape index (κ1) is 31.4. The molecule has 9 heteroatoms. The van der Waals surface area contributed by atoms with E-state index in [1.807, 2.05) is 74.5 Å². The number of sulfonamides is 1. The molecule has 4 rings (SSSR count). The number of nitrogens with zero attached hydrogens (tertiary/aromatic N) is 2. The number of para-hydroxylation sites is 1. The first-order valence-electron chi connectivity index (χ1n) is 14.2. The van der Waals surface area contributed by atoms with Crippen molar-refractivity contribution in [1.82, 2.24) is 10.2 Å². The van der Waals surface area contributed by atoms with Gasteiger partial charge in [0.15, 0.2) is 0 Å². The Hall–Kier alpha value is -4.50. The quantitative estimate of drug-likeness (QED) is 0.219. The van der Waals surface area contributed by atoms with Gasteiger partial charge in [-0.1, -0.05) is 97.4 Å². The molecule has 0 aliphatic carbocycles. The normalized spacial score (nSPS) is 11.9. The highest BCUT2D eigenvalue weighted by molar-refractivity contribution is 7.92. The van der Waals surface area contributed by atoms with Gasteiger partial charge in [0.1, 0.15) is 18.4 Å². The highest BCUT2D eigenvalue weighted by atomic mass is 32.2. The smallest absolute Gasteiger partial charge is 0.264 e. The van der Waals surface area contributed by atoms with Crippen molar-refractivity contribution in [2.24, 2.45) is 0 Å². The summed E-state index contributed by atoms with van der Waals surface area (Å²) in [6.07, 6.45) is 0.908. The molecule has 2 amide bonds. The van der Waals surface area contributed by atoms with Crippen molar-refractivity contribution in [3.8, 4) is 0 Å². The number of rotatable bonds is 13. The molecule has 7 nitrogen and oxygen atoms in total. The van der Waals surface area contributed by atoms with Crippen LogP contribution in [0, 0.1) is 12.7 Å². The molecule has 1 N–H and O–H groups in total. The van der Waals surface area contributed by atoms with E-state index in [1.54, 1.807) is 12.1 Å². The van der Waals surface area contributed by atoms with Crippen molar-refractivity contribution in [3.63, 3.8) is 0 Å². The maximum absolute atomic E-state index is 15.2. The van der Waals surface area contributed by atoms with Crippen molar-refractivity contribution in [3.05, 3.63) is 132 Å². The molecule has 0 fully saturated rings. The zero-order chi connectivity index (χ0) is 30.8. The van der Waals surface area contributed by atoms with Crippen LogP contribution in [0.2, 0.25) is 0 Å². The summed E-state index contributed by atoms with van der Waals surface area (Å²) >= 11 is 0. The second-order valence-electron chi connectivity index (χ2n) is 10.3. The van der Waals surface area contributed by atoms with Gasteiger partial charge in [-0.25, -0.2) is 12.8 Å². The average molecular weight is 602 g/mol. The van der Waals surface area contributed by atoms with Gasteiger partial charge in [-0.15, -0.1) is 0 Å². The third-order valence-electron chi connectivity index (χ3n) is 7.03. The Morgan fingerprint density at radius 1 is 0.814 bits per heavy atom. The SMILES string of the molecule is CCCNC(=O)C(Cc1ccccc1)N(Cc1ccccc1)C(=O)CN(c1ccccc1F)S(=O)(=O)c1ccc(C)cc1. The van der Waals surface area contributed by atoms with Gasteiger partial charge in [-0.2, -0.15) is 0 Å². The van der Waals surface area contributed by atoms with E-state index < -0.39 is 34.3 Å². The topological polar surface area (TPSA) is 86.8 Å². The lowest BCUT2D eigenvalue weighted by atomic mass is 10.0. The maximum Gasteiger partial charge on any atom is 0.264 e. The summed E-state index contributed by atoms with van der Waals surface area (Å²) in [5.74, 6) is -1.79. The van der Waals surface area contributed by atoms with Gasteiger partial charge in [-0.3, -0.25) is 13.9 Å². The molecule has 4 aromatic rings. The third-order valence-corrected chi connectivity index (χ3v) is 8.80. The molecule has 4 aromatic carbocycles. The number of carbonyl (C=O) groups is 2. The molecule has 1 unspecified atom stereocenters. The van der Waals surface area contributed by atoms with Gasteiger partial charge in [0, 0.05) is 19.5 Å². The van der Waals surface area contributed by atoms with E-state index in [-0.39, 0.29) is 29.5 Å². The zero-order valence-corrected chi connectivity index (χ0v) is 25.1. The molecule has 0 spiro atoms. The van der Waals surface area contributed by atoms with Crippen molar-refractivity contribution in [2.75, 3.05) is 17.4 Å². The van der Waals surface area contributed by atoms with Crippen LogP contribution < -0.4 is 9.62 Å². The summed E-state index contributed by atoms with van der Waals surface area (Å²) < 4.78 is 43.9. The highest BCUT2D eigenvalue weighted by Gasteiger charge is 2.35. The molecule has 0 aliphatic heterocycles. The minimum absolute atomic E-state index is 0.0480. The summed E-state index contributed by atoms with van der Waals surface area (Å²) in [5, 5.41) is 2.90. The van der Waals surface area contributed by atoms with Crippen molar-refractivity contribution >= 4 is 27.5 Å². The predicted molar refractivity (Wildman–Crippen MR) is 166 cm³/mol. The Morgan fingerprint density at radius 3 is 2.00 bits per heavy atom. The first-order valence-corrected chi connectivity index (χ1v) is 15.6. The van der Waals surface area contributed by atoms with Crippen LogP contribution in [0.1, 0.15) is 30.0 Å². The molecular formula is C34H36FN3O4S. The Morgan fingerprint density at radius 2 is 1.40 bits per heavy atom. The van der Waals surface area contributed by atoms with Gasteiger partial charge in [-0.05, 0) is 48.7 Å². The second-order valence-corrected chi connectivity index (χ2v) is 12.1. The van der Waals surface area contributed by atoms with E-state index in [2.05, 4.69) is 5.32 Å². The lowest BCUT2D eigenvalue weighted by Gasteiger charge is -2.34. The molecule has 0 heterocycles. The number of benzene rings is 4. The Kier molecular flexibility index (Phi) is 10.7. The number of carbonyl (C=O) groups excluding carboxylic acids is 2. The standard InChI is InChI=1S/C34H36FN3O4S/c1-3-22-36-34(40)32(23-27-12-6-4-7-13-27)37(24-28-14-8-5-9-15-28)33(39)25-38(31-17-11-10-16-30(31)35)43(41,42)29-20-18-26(2)19-21-29/h4-21,32H,3,22-25H2,1-2H3,(H,36,40). The van der Waals surface area contributed by atoms with Crippen LogP contribution in [0.3, 0.4) is 0 Å². The fourth-order valence-corrected chi connectivity index (χ4v) is 6.13. The fraction of sp³-hybridized carbons (Fsp3) is 0.235. The van der Waals surface area contributed by atoms with Gasteiger partial charge in [0.25, 0.3) is 10.0 Å². The Balaban J connectivity index is 1.79. The lowest BCUT2D eigenvalue weighted by Crippen LogP contribution is -2.53. The van der Waals surface area contributed by atoms with Crippen LogP contribution in [0.5, 0.6) is 0 Å². The maximum atomic E-state index is 15.2. The largest absolute Gasteiger partial charge is 0.354 e. The molecule has 0 aromatic heterocycles. The second kappa shape index (κ2) is 14.6. The van der Waals surface area contributed by atoms with E-state index >= 15 is 4.39 Å². The van der Waals surface area contributed by atoms with Crippen LogP contribution in [-0.4, -0.2) is 44.3 Å². The molecule has 0 saturated carbocycles. The van der Waals surface area contributed by atoms with Gasteiger partial charge >= 0.3 is 0 Å². The molecule has 0 bridgehead atoms. The average Bonchev–Trinajstić information content (AvgIpc) is 3.02. The number of halogens is 1. The van der Waals surface area contributed by atoms with Crippen LogP contribution in [0.15, 0.2) is 114 Å². The molecule has 43 heavy (non-hydrogen) atoms. The van der Waals surface area contributed by atoms with Gasteiger partial charge < -0.3 is 10.2 Å². The summed E-state index contributed by atoms with van der Waals surface area (Å²) in [6, 6.07) is 29.1. The number of hydrogen-bond donors (Lipinski definition) is 1. The van der Waals surface area contributed by atoms with E-state index in [0.29, 0.717) is 13.0 Å². The van der Waals surface area contributed by atoms with E-state index in [4.69, 9.17) is 0 Å². The van der Waals surface area contributed by atoms with Crippen molar-refractivity contribution in [1.29, 1.82) is 0 Å². The lowest BCUT2D eigenvalue weighted by molar-refractivity contribution is -0.140. The molecule has 1 atom stereocenters. The summed E-state index contributed by atoms with van der Waals surface area (Å²) in [5.41, 5.74) is 2.19. The summed E-state index contributed by atoms with van der Waals surface area (Å²) in [6.45, 7) is 3.51. The van der Waals surface area contributed by atoms with E-state index in [1.165, 1.54) is 35.2 Å². The molecule has 224 valence electrons. The number of nitrogens with one attached hydrogen (secondary N) is 1. The third kappa shape index (κ3) is 8.08. The van der Waals surface area contributed by atoms with Crippen LogP contribution >= 0.6 is 0 Å². The molecule has 0 radical (unpaired) electrons. The van der Waals surface area contributed by atoms with Gasteiger partial charge in [0.05, 0.1) is 10.6 Å². The minimum Gasteiger partial charge on any atom is -0.354 e. The van der Waals surface area contributed by atoms with Crippen LogP contribution in [0.4, 0.5) is 10.1 Å². The van der Waals surface area contributed by atoms with Crippen molar-refractivity contribution < 1.29 is 22.4 Å². The van der Waals surface area contributed by atoms with E-state index in [0.717, 1.165) is 27.1 Å². The zero-order valence-electron chi connectivity index (χ0n) is 24.3. The monoisotopic (exact) mass is 601 g/mol. The summed E-state index contributed by atoms with van der Waals surface area (Å²) in [7, 11) is -4.37. The molecule has 0 aliphatic rings. The first-order chi connectivity index (χ1) is 20.7. The predicted octanol–water partition coefficient (Wildman–Crippen LogP) is 5.50.